The maximum Gasteiger partial charge on any atom is 0.325 e. The number of fused-ring (bicyclic) bond motifs is 1. The molecule has 0 aliphatic heterocycles. The Morgan fingerprint density at radius 2 is 2.20 bits per heavy atom. The van der Waals surface area contributed by atoms with Crippen molar-refractivity contribution < 1.29 is 9.53 Å². The lowest BCUT2D eigenvalue weighted by atomic mass is 10.2. The Bertz CT molecular complexity index is 609. The van der Waals surface area contributed by atoms with Gasteiger partial charge >= 0.3 is 5.97 Å². The van der Waals surface area contributed by atoms with Crippen molar-refractivity contribution in [3.05, 3.63) is 17.3 Å². The quantitative estimate of drug-likeness (QED) is 0.793. The molecule has 0 fully saturated rings. The highest BCUT2D eigenvalue weighted by atomic mass is 32.1. The van der Waals surface area contributed by atoms with Gasteiger partial charge in [-0.05, 0) is 38.6 Å². The van der Waals surface area contributed by atoms with E-state index in [-0.39, 0.29) is 18.6 Å². The van der Waals surface area contributed by atoms with Crippen LogP contribution in [-0.4, -0.2) is 35.1 Å². The number of aromatic nitrogens is 2. The third kappa shape index (κ3) is 2.90. The summed E-state index contributed by atoms with van der Waals surface area (Å²) in [6.45, 7) is 8.50. The SMILES string of the molecule is CCOC(=O)CN(c1ncnc2c(C)csc12)C(C)C. The summed E-state index contributed by atoms with van der Waals surface area (Å²) in [6.07, 6.45) is 1.55. The Balaban J connectivity index is 2.39. The van der Waals surface area contributed by atoms with Crippen LogP contribution in [0.1, 0.15) is 26.3 Å². The summed E-state index contributed by atoms with van der Waals surface area (Å²) in [4.78, 5) is 22.4. The van der Waals surface area contributed by atoms with Gasteiger partial charge in [-0.1, -0.05) is 0 Å². The molecule has 0 bridgehead atoms. The molecule has 0 N–H and O–H groups in total. The first-order valence-electron chi connectivity index (χ1n) is 6.65. The molecule has 5 nitrogen and oxygen atoms in total. The number of carbonyl (C=O) groups excluding carboxylic acids is 1. The molecule has 2 aromatic heterocycles. The summed E-state index contributed by atoms with van der Waals surface area (Å²) in [5.41, 5.74) is 2.09. The van der Waals surface area contributed by atoms with E-state index in [0.29, 0.717) is 6.61 Å². The number of hydrogen-bond acceptors (Lipinski definition) is 6. The van der Waals surface area contributed by atoms with Gasteiger partial charge in [0, 0.05) is 6.04 Å². The second-order valence-electron chi connectivity index (χ2n) is 4.82. The van der Waals surface area contributed by atoms with Crippen LogP contribution in [0.4, 0.5) is 5.82 Å². The minimum atomic E-state index is -0.235. The third-order valence-electron chi connectivity index (χ3n) is 3.01. The fourth-order valence-corrected chi connectivity index (χ4v) is 3.02. The number of nitrogens with zero attached hydrogens (tertiary/aromatic N) is 3. The lowest BCUT2D eigenvalue weighted by Gasteiger charge is -2.26. The normalized spacial score (nSPS) is 11.1. The van der Waals surface area contributed by atoms with E-state index in [2.05, 4.69) is 15.3 Å². The molecular weight excluding hydrogens is 274 g/mol. The van der Waals surface area contributed by atoms with Gasteiger partial charge in [-0.25, -0.2) is 9.97 Å². The van der Waals surface area contributed by atoms with Crippen LogP contribution >= 0.6 is 11.3 Å². The van der Waals surface area contributed by atoms with Crippen LogP contribution in [0.2, 0.25) is 0 Å². The first-order chi connectivity index (χ1) is 9.54. The highest BCUT2D eigenvalue weighted by molar-refractivity contribution is 7.18. The highest BCUT2D eigenvalue weighted by Gasteiger charge is 2.20. The van der Waals surface area contributed by atoms with Crippen LogP contribution < -0.4 is 4.90 Å². The third-order valence-corrected chi connectivity index (χ3v) is 4.10. The first-order valence-corrected chi connectivity index (χ1v) is 7.53. The Morgan fingerprint density at radius 3 is 2.85 bits per heavy atom. The summed E-state index contributed by atoms with van der Waals surface area (Å²) in [5, 5.41) is 2.06. The second-order valence-corrected chi connectivity index (χ2v) is 5.70. The van der Waals surface area contributed by atoms with Gasteiger partial charge in [0.1, 0.15) is 12.9 Å². The maximum absolute atomic E-state index is 11.8. The van der Waals surface area contributed by atoms with E-state index < -0.39 is 0 Å². The molecule has 108 valence electrons. The predicted molar refractivity (Wildman–Crippen MR) is 81.3 cm³/mol. The molecule has 0 aliphatic carbocycles. The Labute approximate surface area is 122 Å². The monoisotopic (exact) mass is 293 g/mol. The Morgan fingerprint density at radius 1 is 1.45 bits per heavy atom. The van der Waals surface area contributed by atoms with Gasteiger partial charge in [-0.2, -0.15) is 0 Å². The Hall–Kier alpha value is -1.69. The minimum absolute atomic E-state index is 0.153. The van der Waals surface area contributed by atoms with Gasteiger partial charge in [0.05, 0.1) is 16.8 Å². The summed E-state index contributed by atoms with van der Waals surface area (Å²) >= 11 is 1.61. The van der Waals surface area contributed by atoms with Crippen molar-refractivity contribution in [2.45, 2.75) is 33.7 Å². The molecule has 0 radical (unpaired) electrons. The van der Waals surface area contributed by atoms with E-state index in [1.165, 1.54) is 0 Å². The summed E-state index contributed by atoms with van der Waals surface area (Å²) < 4.78 is 6.06. The average molecular weight is 293 g/mol. The van der Waals surface area contributed by atoms with Crippen molar-refractivity contribution in [3.8, 4) is 0 Å². The molecule has 0 amide bonds. The van der Waals surface area contributed by atoms with Crippen molar-refractivity contribution in [1.29, 1.82) is 0 Å². The van der Waals surface area contributed by atoms with Gasteiger partial charge in [0.2, 0.25) is 0 Å². The summed E-state index contributed by atoms with van der Waals surface area (Å²) in [7, 11) is 0. The van der Waals surface area contributed by atoms with Crippen LogP contribution in [-0.2, 0) is 9.53 Å². The van der Waals surface area contributed by atoms with Gasteiger partial charge in [0.15, 0.2) is 5.82 Å². The molecule has 6 heteroatoms. The molecule has 0 aliphatic rings. The molecule has 2 aromatic rings. The molecule has 20 heavy (non-hydrogen) atoms. The van der Waals surface area contributed by atoms with Gasteiger partial charge in [0.25, 0.3) is 0 Å². The van der Waals surface area contributed by atoms with Crippen molar-refractivity contribution >= 4 is 33.3 Å². The first kappa shape index (κ1) is 14.7. The molecule has 0 saturated heterocycles. The maximum atomic E-state index is 11.8. The number of rotatable bonds is 5. The predicted octanol–water partition coefficient (Wildman–Crippen LogP) is 2.78. The zero-order valence-corrected chi connectivity index (χ0v) is 13.0. The van der Waals surface area contributed by atoms with Crippen molar-refractivity contribution in [1.82, 2.24) is 9.97 Å². The van der Waals surface area contributed by atoms with E-state index in [1.807, 2.05) is 32.6 Å². The fourth-order valence-electron chi connectivity index (χ4n) is 2.01. The van der Waals surface area contributed by atoms with Gasteiger partial charge in [-0.3, -0.25) is 4.79 Å². The summed E-state index contributed by atoms with van der Waals surface area (Å²) in [6, 6.07) is 0.153. The molecule has 0 spiro atoms. The molecule has 0 saturated carbocycles. The zero-order chi connectivity index (χ0) is 14.7. The molecule has 0 atom stereocenters. The fraction of sp³-hybridized carbons (Fsp3) is 0.500. The average Bonchev–Trinajstić information content (AvgIpc) is 2.78. The summed E-state index contributed by atoms with van der Waals surface area (Å²) in [5.74, 6) is 0.567. The van der Waals surface area contributed by atoms with Crippen LogP contribution in [0.15, 0.2) is 11.7 Å². The Kier molecular flexibility index (Phi) is 4.54. The number of carbonyl (C=O) groups is 1. The topological polar surface area (TPSA) is 55.3 Å². The standard InChI is InChI=1S/C14H19N3O2S/c1-5-19-11(18)6-17(9(2)3)14-13-12(15-8-16-14)10(4)7-20-13/h7-9H,5-6H2,1-4H3. The lowest BCUT2D eigenvalue weighted by molar-refractivity contribution is -0.141. The molecule has 0 aromatic carbocycles. The van der Waals surface area contributed by atoms with Crippen LogP contribution in [0.3, 0.4) is 0 Å². The van der Waals surface area contributed by atoms with E-state index in [1.54, 1.807) is 17.7 Å². The van der Waals surface area contributed by atoms with Crippen LogP contribution in [0.25, 0.3) is 10.2 Å². The van der Waals surface area contributed by atoms with E-state index in [9.17, 15) is 4.79 Å². The van der Waals surface area contributed by atoms with Crippen molar-refractivity contribution in [2.75, 3.05) is 18.1 Å². The van der Waals surface area contributed by atoms with Crippen molar-refractivity contribution in [2.24, 2.45) is 0 Å². The number of anilines is 1. The number of thiophene rings is 1. The van der Waals surface area contributed by atoms with Crippen LogP contribution in [0.5, 0.6) is 0 Å². The zero-order valence-electron chi connectivity index (χ0n) is 12.2. The number of esters is 1. The molecule has 0 unspecified atom stereocenters. The second kappa shape index (κ2) is 6.17. The number of aryl methyl sites for hydroxylation is 1. The van der Waals surface area contributed by atoms with Crippen LogP contribution in [0, 0.1) is 6.92 Å². The van der Waals surface area contributed by atoms with Crippen molar-refractivity contribution in [3.63, 3.8) is 0 Å². The molecular formula is C14H19N3O2S. The minimum Gasteiger partial charge on any atom is -0.465 e. The smallest absolute Gasteiger partial charge is 0.325 e. The van der Waals surface area contributed by atoms with E-state index in [4.69, 9.17) is 4.74 Å². The number of hydrogen-bond donors (Lipinski definition) is 0. The number of ether oxygens (including phenoxy) is 1. The molecule has 2 rings (SSSR count). The van der Waals surface area contributed by atoms with E-state index >= 15 is 0 Å². The largest absolute Gasteiger partial charge is 0.465 e. The molecule has 2 heterocycles. The highest BCUT2D eigenvalue weighted by Crippen LogP contribution is 2.31. The van der Waals surface area contributed by atoms with Gasteiger partial charge in [-0.15, -0.1) is 11.3 Å². The van der Waals surface area contributed by atoms with Gasteiger partial charge < -0.3 is 9.64 Å². The lowest BCUT2D eigenvalue weighted by Crippen LogP contribution is -2.37. The van der Waals surface area contributed by atoms with E-state index in [0.717, 1.165) is 21.6 Å².